The smallest absolute Gasteiger partial charge is 0.252 e. The summed E-state index contributed by atoms with van der Waals surface area (Å²) < 4.78 is 2.57. The maximum Gasteiger partial charge on any atom is 0.252 e. The molecule has 3 heterocycles. The van der Waals surface area contributed by atoms with Gasteiger partial charge in [-0.3, -0.25) is 0 Å². The Bertz CT molecular complexity index is 3970. The minimum absolute atomic E-state index is 0.0393. The molecule has 6 heteroatoms. The van der Waals surface area contributed by atoms with Gasteiger partial charge in [0.2, 0.25) is 0 Å². The lowest BCUT2D eigenvalue weighted by Crippen LogP contribution is -2.61. The van der Waals surface area contributed by atoms with Crippen molar-refractivity contribution in [1.29, 1.82) is 0 Å². The first-order valence-corrected chi connectivity index (χ1v) is 28.3. The molecular formula is C70H55BN4S. The number of fused-ring (bicyclic) bond motifs is 7. The predicted octanol–water partition coefficient (Wildman–Crippen LogP) is 17.0. The Labute approximate surface area is 450 Å². The number of aromatic nitrogens is 1. The second-order valence-electron chi connectivity index (χ2n) is 22.3. The van der Waals surface area contributed by atoms with Crippen molar-refractivity contribution in [2.24, 2.45) is 17.8 Å². The van der Waals surface area contributed by atoms with Crippen LogP contribution in [0.5, 0.6) is 0 Å². The summed E-state index contributed by atoms with van der Waals surface area (Å²) in [5, 5.41) is 2.69. The van der Waals surface area contributed by atoms with Crippen LogP contribution in [0.2, 0.25) is 0 Å². The summed E-state index contributed by atoms with van der Waals surface area (Å²) in [6, 6.07) is 90.8. The van der Waals surface area contributed by atoms with E-state index in [1.165, 1.54) is 115 Å². The van der Waals surface area contributed by atoms with E-state index < -0.39 is 0 Å². The number of rotatable bonds is 9. The van der Waals surface area contributed by atoms with Crippen LogP contribution in [0.25, 0.3) is 27.5 Å². The minimum atomic E-state index is -0.0393. The highest BCUT2D eigenvalue weighted by molar-refractivity contribution is 7.99. The summed E-state index contributed by atoms with van der Waals surface area (Å²) in [6.07, 6.45) is 8.44. The Balaban J connectivity index is 0.927. The number of benzene rings is 10. The molecule has 4 bridgehead atoms. The molecule has 4 fully saturated rings. The molecule has 0 N–H and O–H groups in total. The zero-order chi connectivity index (χ0) is 49.9. The van der Waals surface area contributed by atoms with Crippen LogP contribution in [-0.2, 0) is 5.41 Å². The van der Waals surface area contributed by atoms with Crippen molar-refractivity contribution in [2.45, 2.75) is 53.7 Å². The molecule has 2 aliphatic heterocycles. The first-order valence-electron chi connectivity index (χ1n) is 27.4. The summed E-state index contributed by atoms with van der Waals surface area (Å²) in [5.41, 5.74) is 19.8. The van der Waals surface area contributed by atoms with Gasteiger partial charge in [-0.15, -0.1) is 0 Å². The van der Waals surface area contributed by atoms with E-state index >= 15 is 0 Å². The van der Waals surface area contributed by atoms with Crippen LogP contribution >= 0.6 is 11.8 Å². The third kappa shape index (κ3) is 6.92. The fraction of sp³-hybridized carbons (Fsp3) is 0.143. The lowest BCUT2D eigenvalue weighted by atomic mass is 9.33. The Morgan fingerprint density at radius 2 is 0.947 bits per heavy atom. The molecule has 1 aromatic heterocycles. The van der Waals surface area contributed by atoms with Gasteiger partial charge >= 0.3 is 0 Å². The van der Waals surface area contributed by atoms with Crippen molar-refractivity contribution >= 4 is 108 Å². The zero-order valence-corrected chi connectivity index (χ0v) is 43.2. The normalized spacial score (nSPS) is 19.7. The predicted molar refractivity (Wildman–Crippen MR) is 320 cm³/mol. The molecule has 76 heavy (non-hydrogen) atoms. The Morgan fingerprint density at radius 3 is 1.64 bits per heavy atom. The largest absolute Gasteiger partial charge is 0.311 e. The average Bonchev–Trinajstić information content (AvgIpc) is 3.89. The number of hydrogen-bond donors (Lipinski definition) is 0. The summed E-state index contributed by atoms with van der Waals surface area (Å²) in [4.78, 5) is 9.93. The number of nitrogens with zero attached hydrogens (tertiary/aromatic N) is 4. The third-order valence-corrected chi connectivity index (χ3v) is 18.9. The monoisotopic (exact) mass is 994 g/mol. The first kappa shape index (κ1) is 44.1. The van der Waals surface area contributed by atoms with Crippen LogP contribution in [0, 0.1) is 17.8 Å². The molecular weight excluding hydrogens is 940 g/mol. The quantitative estimate of drug-likeness (QED) is 0.134. The van der Waals surface area contributed by atoms with Gasteiger partial charge < -0.3 is 19.3 Å². The summed E-state index contributed by atoms with van der Waals surface area (Å²) in [7, 11) is 0. The van der Waals surface area contributed by atoms with Crippen molar-refractivity contribution < 1.29 is 0 Å². The van der Waals surface area contributed by atoms with Crippen molar-refractivity contribution in [2.75, 3.05) is 14.7 Å². The van der Waals surface area contributed by atoms with E-state index in [1.54, 1.807) is 5.56 Å². The standard InChI is InChI=1S/C70H55BN4S/c1-5-19-51(20-6-1)72(52-21-7-2-8-22-52)54-34-35-60-66(41-54)73(53-23-9-3-10-24-53)67-42-56(76-55-25-11-4-12-26-55)43-68-69(67)71(60)59-28-14-16-30-63(59)75(68)65-32-18-17-31-64(65)74-61-29-15-13-27-57(61)58-40-50(33-36-62(58)74)70-44-47-37-48(45-70)39-49(38-47)46-70/h1-36,40-43,47-49H,37-39,44-46H2. The highest BCUT2D eigenvalue weighted by Crippen LogP contribution is 2.61. The first-order chi connectivity index (χ1) is 37.6. The van der Waals surface area contributed by atoms with E-state index in [0.29, 0.717) is 5.41 Å². The van der Waals surface area contributed by atoms with Gasteiger partial charge in [-0.25, -0.2) is 0 Å². The second kappa shape index (κ2) is 17.4. The van der Waals surface area contributed by atoms with Crippen LogP contribution < -0.4 is 31.1 Å². The average molecular weight is 995 g/mol. The molecule has 0 amide bonds. The number of para-hydroxylation sites is 7. The lowest BCUT2D eigenvalue weighted by Gasteiger charge is -2.57. The molecule has 364 valence electrons. The summed E-state index contributed by atoms with van der Waals surface area (Å²) >= 11 is 1.84. The molecule has 10 aromatic carbocycles. The van der Waals surface area contributed by atoms with Crippen LogP contribution in [-0.4, -0.2) is 11.3 Å². The van der Waals surface area contributed by atoms with E-state index in [4.69, 9.17) is 0 Å². The van der Waals surface area contributed by atoms with E-state index in [-0.39, 0.29) is 6.71 Å². The molecule has 17 rings (SSSR count). The van der Waals surface area contributed by atoms with Crippen LogP contribution in [0.15, 0.2) is 252 Å². The van der Waals surface area contributed by atoms with Gasteiger partial charge in [-0.2, -0.15) is 0 Å². The summed E-state index contributed by atoms with van der Waals surface area (Å²) in [6.45, 7) is -0.0393. The molecule has 4 aliphatic carbocycles. The maximum absolute atomic E-state index is 2.63. The Kier molecular flexibility index (Phi) is 10.1. The van der Waals surface area contributed by atoms with Crippen LogP contribution in [0.3, 0.4) is 0 Å². The third-order valence-electron chi connectivity index (χ3n) is 17.9. The molecule has 0 radical (unpaired) electrons. The van der Waals surface area contributed by atoms with Gasteiger partial charge in [0.05, 0.1) is 22.4 Å². The van der Waals surface area contributed by atoms with E-state index in [0.717, 1.165) is 46.2 Å². The number of hydrogen-bond acceptors (Lipinski definition) is 4. The van der Waals surface area contributed by atoms with Gasteiger partial charge in [0.15, 0.2) is 0 Å². The van der Waals surface area contributed by atoms with Gasteiger partial charge in [0.1, 0.15) is 0 Å². The molecule has 0 spiro atoms. The Hall–Kier alpha value is -8.19. The fourth-order valence-corrected chi connectivity index (χ4v) is 16.2. The zero-order valence-electron chi connectivity index (χ0n) is 42.3. The molecule has 0 saturated heterocycles. The Morgan fingerprint density at radius 1 is 0.395 bits per heavy atom. The molecule has 11 aromatic rings. The van der Waals surface area contributed by atoms with Crippen LogP contribution in [0.1, 0.15) is 44.1 Å². The minimum Gasteiger partial charge on any atom is -0.311 e. The van der Waals surface area contributed by atoms with Crippen molar-refractivity contribution in [1.82, 2.24) is 4.57 Å². The molecule has 4 saturated carbocycles. The van der Waals surface area contributed by atoms with Gasteiger partial charge in [-0.05, 0) is 193 Å². The summed E-state index contributed by atoms with van der Waals surface area (Å²) in [5.74, 6) is 2.69. The maximum atomic E-state index is 2.63. The molecule has 0 atom stereocenters. The fourth-order valence-electron chi connectivity index (χ4n) is 15.3. The topological polar surface area (TPSA) is 14.7 Å². The van der Waals surface area contributed by atoms with Crippen LogP contribution in [0.4, 0.5) is 51.2 Å². The number of anilines is 9. The SMILES string of the molecule is c1ccc(Sc2cc3c4c(c2)N(c2ccccc2-n2c5ccccc5c5cc(C67CC8CC(CC(C8)C6)C7)ccc52)c2ccccc2B4c2ccc(N(c4ccccc4)c4ccccc4)cc2N3c2ccccc2)cc1. The van der Waals surface area contributed by atoms with Crippen molar-refractivity contribution in [3.63, 3.8) is 0 Å². The molecule has 0 unspecified atom stereocenters. The lowest BCUT2D eigenvalue weighted by molar-refractivity contribution is -0.00512. The van der Waals surface area contributed by atoms with Crippen molar-refractivity contribution in [3.05, 3.63) is 248 Å². The van der Waals surface area contributed by atoms with Gasteiger partial charge in [-0.1, -0.05) is 145 Å². The highest BCUT2D eigenvalue weighted by Gasteiger charge is 2.52. The molecule has 4 nitrogen and oxygen atoms in total. The van der Waals surface area contributed by atoms with E-state index in [9.17, 15) is 0 Å². The molecule has 6 aliphatic rings. The van der Waals surface area contributed by atoms with E-state index in [2.05, 4.69) is 262 Å². The van der Waals surface area contributed by atoms with Gasteiger partial charge in [0, 0.05) is 66.1 Å². The highest BCUT2D eigenvalue weighted by atomic mass is 32.2. The second-order valence-corrected chi connectivity index (χ2v) is 23.5. The van der Waals surface area contributed by atoms with Crippen molar-refractivity contribution in [3.8, 4) is 5.69 Å². The van der Waals surface area contributed by atoms with E-state index in [1.807, 2.05) is 11.8 Å². The van der Waals surface area contributed by atoms with Gasteiger partial charge in [0.25, 0.3) is 6.71 Å².